The predicted molar refractivity (Wildman–Crippen MR) is 160 cm³/mol. The quantitative estimate of drug-likeness (QED) is 0.308. The van der Waals surface area contributed by atoms with Gasteiger partial charge in [0.1, 0.15) is 17.4 Å². The summed E-state index contributed by atoms with van der Waals surface area (Å²) in [5.74, 6) is -0.719. The summed E-state index contributed by atoms with van der Waals surface area (Å²) in [5.41, 5.74) is 8.69. The fraction of sp³-hybridized carbons (Fsp3) is 0.300. The lowest BCUT2D eigenvalue weighted by atomic mass is 9.68. The second kappa shape index (κ2) is 12.0. The number of para-hydroxylation sites is 1. The van der Waals surface area contributed by atoms with Crippen LogP contribution >= 0.6 is 23.1 Å². The second-order valence-corrected chi connectivity index (χ2v) is 12.8. The number of nitriles is 1. The van der Waals surface area contributed by atoms with Crippen molar-refractivity contribution >= 4 is 45.6 Å². The molecular formula is C30H29FN6O3S2. The molecule has 0 saturated carbocycles. The Morgan fingerprint density at radius 1 is 1.24 bits per heavy atom. The van der Waals surface area contributed by atoms with Crippen molar-refractivity contribution in [1.29, 1.82) is 5.26 Å². The van der Waals surface area contributed by atoms with E-state index in [0.717, 1.165) is 17.3 Å². The molecule has 2 heterocycles. The topological polar surface area (TPSA) is 134 Å². The highest BCUT2D eigenvalue weighted by molar-refractivity contribution is 8.01. The number of nitrogens with one attached hydrogen (secondary N) is 1. The molecule has 3 N–H and O–H groups in total. The van der Waals surface area contributed by atoms with E-state index < -0.39 is 17.6 Å². The third-order valence-corrected chi connectivity index (χ3v) is 9.01. The monoisotopic (exact) mass is 604 g/mol. The van der Waals surface area contributed by atoms with Crippen LogP contribution in [-0.2, 0) is 9.59 Å². The number of carbonyl (C=O) groups is 2. The minimum atomic E-state index is -0.621. The fourth-order valence-electron chi connectivity index (χ4n) is 5.21. The summed E-state index contributed by atoms with van der Waals surface area (Å²) in [4.78, 5) is 27.8. The lowest BCUT2D eigenvalue weighted by Gasteiger charge is -2.42. The number of benzene rings is 2. The molecule has 2 aromatic carbocycles. The summed E-state index contributed by atoms with van der Waals surface area (Å²) in [5, 5.41) is 21.8. The molecule has 1 aliphatic heterocycles. The normalized spacial score (nSPS) is 18.0. The number of amides is 1. The van der Waals surface area contributed by atoms with Crippen LogP contribution in [0.2, 0.25) is 0 Å². The molecule has 42 heavy (non-hydrogen) atoms. The van der Waals surface area contributed by atoms with Crippen LogP contribution in [0, 0.1) is 22.6 Å². The predicted octanol–water partition coefficient (Wildman–Crippen LogP) is 5.75. The van der Waals surface area contributed by atoms with Crippen LogP contribution in [-0.4, -0.2) is 34.2 Å². The van der Waals surface area contributed by atoms with E-state index in [-0.39, 0.29) is 34.0 Å². The average molecular weight is 605 g/mol. The highest BCUT2D eigenvalue weighted by Gasteiger charge is 2.45. The molecule has 1 aromatic heterocycles. The fourth-order valence-corrected chi connectivity index (χ4v) is 6.89. The lowest BCUT2D eigenvalue weighted by Crippen LogP contribution is -2.42. The SMILES string of the molecule is CCOc1ccc(C2C(C#N)=C(N)N(c3nnc(SCC(=O)Nc4ccccc4F)s3)C3=C2C(=O)CC(C)(C)C3)cc1. The molecule has 1 aliphatic carbocycles. The first kappa shape index (κ1) is 29.3. The zero-order valence-corrected chi connectivity index (χ0v) is 24.9. The van der Waals surface area contributed by atoms with Gasteiger partial charge in [-0.2, -0.15) is 5.26 Å². The van der Waals surface area contributed by atoms with Crippen molar-refractivity contribution in [3.8, 4) is 11.8 Å². The van der Waals surface area contributed by atoms with Crippen LogP contribution in [0.4, 0.5) is 15.2 Å². The summed E-state index contributed by atoms with van der Waals surface area (Å²) < 4.78 is 20.0. The van der Waals surface area contributed by atoms with Gasteiger partial charge in [-0.25, -0.2) is 4.39 Å². The number of hydrogen-bond donors (Lipinski definition) is 2. The van der Waals surface area contributed by atoms with Crippen LogP contribution in [0.15, 0.2) is 75.5 Å². The number of halogens is 1. The van der Waals surface area contributed by atoms with Crippen LogP contribution < -0.4 is 20.7 Å². The highest BCUT2D eigenvalue weighted by Crippen LogP contribution is 2.50. The molecule has 12 heteroatoms. The molecule has 9 nitrogen and oxygen atoms in total. The molecule has 5 rings (SSSR count). The maximum Gasteiger partial charge on any atom is 0.234 e. The average Bonchev–Trinajstić information content (AvgIpc) is 3.41. The van der Waals surface area contributed by atoms with Gasteiger partial charge in [-0.15, -0.1) is 10.2 Å². The third kappa shape index (κ3) is 5.89. The van der Waals surface area contributed by atoms with E-state index in [2.05, 4.69) is 21.6 Å². The first-order valence-electron chi connectivity index (χ1n) is 13.3. The van der Waals surface area contributed by atoms with Gasteiger partial charge in [0.2, 0.25) is 11.0 Å². The smallest absolute Gasteiger partial charge is 0.234 e. The van der Waals surface area contributed by atoms with E-state index >= 15 is 0 Å². The molecule has 0 bridgehead atoms. The Kier molecular flexibility index (Phi) is 8.34. The molecule has 2 aliphatic rings. The number of nitrogens with two attached hydrogens (primary N) is 1. The molecule has 1 atom stereocenters. The van der Waals surface area contributed by atoms with Crippen LogP contribution in [0.5, 0.6) is 5.75 Å². The van der Waals surface area contributed by atoms with Crippen molar-refractivity contribution in [3.63, 3.8) is 0 Å². The van der Waals surface area contributed by atoms with Crippen molar-refractivity contribution in [2.24, 2.45) is 11.1 Å². The van der Waals surface area contributed by atoms with Crippen molar-refractivity contribution in [3.05, 3.63) is 82.6 Å². The van der Waals surface area contributed by atoms with E-state index in [1.54, 1.807) is 17.0 Å². The van der Waals surface area contributed by atoms with Gasteiger partial charge in [-0.3, -0.25) is 14.5 Å². The van der Waals surface area contributed by atoms with E-state index in [1.165, 1.54) is 23.5 Å². The Bertz CT molecular complexity index is 1640. The van der Waals surface area contributed by atoms with Crippen LogP contribution in [0.1, 0.15) is 45.1 Å². The Labute approximate surface area is 251 Å². The van der Waals surface area contributed by atoms with Crippen molar-refractivity contribution < 1.29 is 18.7 Å². The summed E-state index contributed by atoms with van der Waals surface area (Å²) in [7, 11) is 0. The summed E-state index contributed by atoms with van der Waals surface area (Å²) in [6.45, 7) is 6.47. The minimum Gasteiger partial charge on any atom is -0.494 e. The van der Waals surface area contributed by atoms with Gasteiger partial charge in [-0.1, -0.05) is 61.2 Å². The molecule has 0 radical (unpaired) electrons. The Morgan fingerprint density at radius 3 is 2.67 bits per heavy atom. The standard InChI is InChI=1S/C30H29FN6O3S2/c1-4-40-18-11-9-17(10-12-18)25-19(15-32)27(33)37(22-13-30(2,3)14-23(38)26(22)25)28-35-36-29(42-28)41-16-24(39)34-21-8-6-5-7-20(21)31/h5-12,25H,4,13-14,16,33H2,1-3H3,(H,34,39). The number of hydrogen-bond acceptors (Lipinski definition) is 10. The number of anilines is 2. The first-order valence-corrected chi connectivity index (χ1v) is 15.1. The van der Waals surface area contributed by atoms with Gasteiger partial charge in [0, 0.05) is 17.7 Å². The number of thioether (sulfide) groups is 1. The van der Waals surface area contributed by atoms with Crippen molar-refractivity contribution in [2.45, 2.75) is 43.9 Å². The van der Waals surface area contributed by atoms with Crippen LogP contribution in [0.3, 0.4) is 0 Å². The molecule has 3 aromatic rings. The third-order valence-electron chi connectivity index (χ3n) is 6.97. The highest BCUT2D eigenvalue weighted by atomic mass is 32.2. The lowest BCUT2D eigenvalue weighted by molar-refractivity contribution is -0.118. The van der Waals surface area contributed by atoms with Gasteiger partial charge in [-0.05, 0) is 48.6 Å². The molecular weight excluding hydrogens is 576 g/mol. The van der Waals surface area contributed by atoms with Crippen molar-refractivity contribution in [1.82, 2.24) is 10.2 Å². The zero-order chi connectivity index (χ0) is 30.0. The molecule has 216 valence electrons. The number of aromatic nitrogens is 2. The van der Waals surface area contributed by atoms with Gasteiger partial charge in [0.25, 0.3) is 0 Å². The van der Waals surface area contributed by atoms with E-state index in [1.807, 2.05) is 45.0 Å². The number of nitrogens with zero attached hydrogens (tertiary/aromatic N) is 4. The molecule has 1 unspecified atom stereocenters. The maximum atomic E-state index is 13.9. The molecule has 1 amide bonds. The van der Waals surface area contributed by atoms with Gasteiger partial charge in [0.15, 0.2) is 10.1 Å². The van der Waals surface area contributed by atoms with Crippen LogP contribution in [0.25, 0.3) is 0 Å². The molecule has 0 spiro atoms. The zero-order valence-electron chi connectivity index (χ0n) is 23.3. The summed E-state index contributed by atoms with van der Waals surface area (Å²) in [6.07, 6.45) is 0.869. The molecule has 0 saturated heterocycles. The van der Waals surface area contributed by atoms with Crippen molar-refractivity contribution in [2.75, 3.05) is 22.6 Å². The summed E-state index contributed by atoms with van der Waals surface area (Å²) >= 11 is 2.34. The molecule has 0 fully saturated rings. The Morgan fingerprint density at radius 2 is 1.98 bits per heavy atom. The van der Waals surface area contributed by atoms with Gasteiger partial charge in [0.05, 0.1) is 35.6 Å². The number of rotatable bonds is 8. The minimum absolute atomic E-state index is 0.0169. The van der Waals surface area contributed by atoms with E-state index in [4.69, 9.17) is 10.5 Å². The maximum absolute atomic E-state index is 13.9. The Hall–Kier alpha value is -4.21. The summed E-state index contributed by atoms with van der Waals surface area (Å²) in [6, 6.07) is 15.6. The largest absolute Gasteiger partial charge is 0.494 e. The number of ether oxygens (including phenoxy) is 1. The van der Waals surface area contributed by atoms with E-state index in [0.29, 0.717) is 45.9 Å². The number of allylic oxidation sites excluding steroid dienone is 3. The number of ketones is 1. The van der Waals surface area contributed by atoms with Gasteiger partial charge >= 0.3 is 0 Å². The number of Topliss-reactive ketones (excluding diaryl/α,β-unsaturated/α-hetero) is 1. The Balaban J connectivity index is 1.46. The number of carbonyl (C=O) groups excluding carboxylic acids is 2. The van der Waals surface area contributed by atoms with E-state index in [9.17, 15) is 19.2 Å². The van der Waals surface area contributed by atoms with Gasteiger partial charge < -0.3 is 15.8 Å². The first-order chi connectivity index (χ1) is 20.1. The second-order valence-electron chi connectivity index (χ2n) is 10.6.